The summed E-state index contributed by atoms with van der Waals surface area (Å²) in [6, 6.07) is -1.01. The minimum Gasteiger partial charge on any atom is -0.394 e. The van der Waals surface area contributed by atoms with Gasteiger partial charge in [-0.15, -0.1) is 0 Å². The second kappa shape index (κ2) is 37.8. The lowest BCUT2D eigenvalue weighted by atomic mass is 10.00. The molecular formula is C43H81NO5. The number of aliphatic hydroxyl groups excluding tert-OH is 4. The number of carbonyl (C=O) groups is 1. The highest BCUT2D eigenvalue weighted by Crippen LogP contribution is 2.15. The SMILES string of the molecule is C/C=C/CC/C=C/CCCC(O)C(O)C(CO)NC(=O)C(O)CCCCCCCCCCC/C=C\CCCCCCCCCCCCCC. The summed E-state index contributed by atoms with van der Waals surface area (Å²) in [5, 5.41) is 43.3. The fourth-order valence-electron chi connectivity index (χ4n) is 6.30. The Balaban J connectivity index is 3.65. The molecule has 0 radical (unpaired) electrons. The van der Waals surface area contributed by atoms with Crippen molar-refractivity contribution in [2.75, 3.05) is 6.61 Å². The Labute approximate surface area is 303 Å². The van der Waals surface area contributed by atoms with Crippen molar-refractivity contribution in [1.29, 1.82) is 0 Å². The second-order valence-electron chi connectivity index (χ2n) is 14.3. The van der Waals surface area contributed by atoms with Crippen molar-refractivity contribution in [3.63, 3.8) is 0 Å². The normalized spacial score (nSPS) is 14.7. The van der Waals surface area contributed by atoms with Gasteiger partial charge in [0, 0.05) is 0 Å². The molecule has 0 aromatic rings. The number of allylic oxidation sites excluding steroid dienone is 6. The molecule has 0 fully saturated rings. The summed E-state index contributed by atoms with van der Waals surface area (Å²) in [6.07, 6.45) is 43.6. The summed E-state index contributed by atoms with van der Waals surface area (Å²) in [5.74, 6) is -0.603. The van der Waals surface area contributed by atoms with E-state index in [9.17, 15) is 25.2 Å². The predicted molar refractivity (Wildman–Crippen MR) is 210 cm³/mol. The van der Waals surface area contributed by atoms with Crippen LogP contribution in [0.5, 0.6) is 0 Å². The molecule has 0 aromatic carbocycles. The highest BCUT2D eigenvalue weighted by atomic mass is 16.3. The van der Waals surface area contributed by atoms with Crippen molar-refractivity contribution in [3.8, 4) is 0 Å². The molecule has 0 aromatic heterocycles. The van der Waals surface area contributed by atoms with Crippen LogP contribution in [-0.2, 0) is 4.79 Å². The molecule has 0 heterocycles. The van der Waals surface area contributed by atoms with Crippen LogP contribution in [0.25, 0.3) is 0 Å². The number of carbonyl (C=O) groups excluding carboxylic acids is 1. The molecule has 0 saturated carbocycles. The van der Waals surface area contributed by atoms with Crippen LogP contribution in [0.2, 0.25) is 0 Å². The molecule has 5 N–H and O–H groups in total. The van der Waals surface area contributed by atoms with Crippen molar-refractivity contribution in [1.82, 2.24) is 5.32 Å². The Morgan fingerprint density at radius 2 is 0.939 bits per heavy atom. The highest BCUT2D eigenvalue weighted by molar-refractivity contribution is 5.80. The Hall–Kier alpha value is -1.47. The number of nitrogens with one attached hydrogen (secondary N) is 1. The number of amides is 1. The van der Waals surface area contributed by atoms with Crippen LogP contribution >= 0.6 is 0 Å². The van der Waals surface area contributed by atoms with Crippen LogP contribution in [-0.4, -0.2) is 57.3 Å². The van der Waals surface area contributed by atoms with Gasteiger partial charge in [-0.3, -0.25) is 4.79 Å². The van der Waals surface area contributed by atoms with Gasteiger partial charge in [0.15, 0.2) is 0 Å². The Bertz CT molecular complexity index is 782. The third-order valence-corrected chi connectivity index (χ3v) is 9.65. The second-order valence-corrected chi connectivity index (χ2v) is 14.3. The molecule has 0 saturated heterocycles. The lowest BCUT2D eigenvalue weighted by molar-refractivity contribution is -0.132. The fourth-order valence-corrected chi connectivity index (χ4v) is 6.30. The average molecular weight is 692 g/mol. The lowest BCUT2D eigenvalue weighted by Crippen LogP contribution is -2.53. The van der Waals surface area contributed by atoms with E-state index >= 15 is 0 Å². The average Bonchev–Trinajstić information content (AvgIpc) is 3.11. The first-order valence-electron chi connectivity index (χ1n) is 20.8. The number of unbranched alkanes of at least 4 members (excludes halogenated alkanes) is 23. The first kappa shape index (κ1) is 47.5. The summed E-state index contributed by atoms with van der Waals surface area (Å²) >= 11 is 0. The van der Waals surface area contributed by atoms with E-state index in [4.69, 9.17) is 0 Å². The number of hydrogen-bond acceptors (Lipinski definition) is 5. The van der Waals surface area contributed by atoms with Crippen molar-refractivity contribution in [3.05, 3.63) is 36.5 Å². The van der Waals surface area contributed by atoms with Gasteiger partial charge in [-0.25, -0.2) is 0 Å². The molecule has 0 bridgehead atoms. The van der Waals surface area contributed by atoms with Crippen molar-refractivity contribution in [2.24, 2.45) is 0 Å². The number of rotatable bonds is 37. The van der Waals surface area contributed by atoms with Gasteiger partial charge >= 0.3 is 0 Å². The Morgan fingerprint density at radius 1 is 0.531 bits per heavy atom. The molecule has 0 spiro atoms. The van der Waals surface area contributed by atoms with E-state index in [1.54, 1.807) is 0 Å². The quantitative estimate of drug-likeness (QED) is 0.0329. The zero-order chi connectivity index (χ0) is 36.0. The third-order valence-electron chi connectivity index (χ3n) is 9.65. The van der Waals surface area contributed by atoms with Gasteiger partial charge in [0.05, 0.1) is 18.8 Å². The molecule has 6 heteroatoms. The summed E-state index contributed by atoms with van der Waals surface area (Å²) < 4.78 is 0. The molecular weight excluding hydrogens is 610 g/mol. The van der Waals surface area contributed by atoms with Crippen LogP contribution in [0.1, 0.15) is 200 Å². The summed E-state index contributed by atoms with van der Waals surface area (Å²) in [6.45, 7) is 3.78. The summed E-state index contributed by atoms with van der Waals surface area (Å²) in [5.41, 5.74) is 0. The van der Waals surface area contributed by atoms with E-state index in [0.717, 1.165) is 38.5 Å². The third kappa shape index (κ3) is 32.2. The lowest BCUT2D eigenvalue weighted by Gasteiger charge is -2.27. The zero-order valence-electron chi connectivity index (χ0n) is 32.2. The van der Waals surface area contributed by atoms with Gasteiger partial charge in [0.25, 0.3) is 0 Å². The van der Waals surface area contributed by atoms with Gasteiger partial charge < -0.3 is 25.7 Å². The van der Waals surface area contributed by atoms with E-state index in [2.05, 4.69) is 42.6 Å². The van der Waals surface area contributed by atoms with E-state index in [-0.39, 0.29) is 0 Å². The van der Waals surface area contributed by atoms with Crippen molar-refractivity contribution >= 4 is 5.91 Å². The minimum atomic E-state index is -1.29. The zero-order valence-corrected chi connectivity index (χ0v) is 32.2. The smallest absolute Gasteiger partial charge is 0.249 e. The molecule has 0 aliphatic heterocycles. The molecule has 0 aliphatic rings. The van der Waals surface area contributed by atoms with Gasteiger partial charge in [-0.05, 0) is 71.1 Å². The van der Waals surface area contributed by atoms with Crippen LogP contribution in [0.4, 0.5) is 0 Å². The maximum atomic E-state index is 12.4. The molecule has 0 rings (SSSR count). The van der Waals surface area contributed by atoms with E-state index in [0.29, 0.717) is 19.3 Å². The Kier molecular flexibility index (Phi) is 36.6. The summed E-state index contributed by atoms with van der Waals surface area (Å²) in [4.78, 5) is 12.4. The highest BCUT2D eigenvalue weighted by Gasteiger charge is 2.28. The first-order valence-corrected chi connectivity index (χ1v) is 20.8. The van der Waals surface area contributed by atoms with Crippen LogP contribution in [0.15, 0.2) is 36.5 Å². The van der Waals surface area contributed by atoms with E-state index < -0.39 is 36.9 Å². The predicted octanol–water partition coefficient (Wildman–Crippen LogP) is 10.6. The van der Waals surface area contributed by atoms with Gasteiger partial charge in [0.2, 0.25) is 5.91 Å². The molecule has 4 atom stereocenters. The van der Waals surface area contributed by atoms with Crippen LogP contribution in [0, 0.1) is 0 Å². The standard InChI is InChI=1S/C43H81NO5/c1-3-5-7-9-11-13-14-15-16-17-18-19-20-21-22-23-24-25-26-27-28-29-31-33-35-37-41(47)43(49)44-39(38-45)42(48)40(46)36-34-32-30-12-10-8-6-4-2/h4,6,12,21-22,30,39-42,45-48H,3,5,7-11,13-20,23-29,31-38H2,1-2H3,(H,44,49)/b6-4+,22-21-,30-12+. The maximum Gasteiger partial charge on any atom is 0.249 e. The van der Waals surface area contributed by atoms with E-state index in [1.807, 2.05) is 13.0 Å². The van der Waals surface area contributed by atoms with Gasteiger partial charge in [0.1, 0.15) is 12.2 Å². The monoisotopic (exact) mass is 692 g/mol. The Morgan fingerprint density at radius 3 is 1.41 bits per heavy atom. The fraction of sp³-hybridized carbons (Fsp3) is 0.837. The number of hydrogen-bond donors (Lipinski definition) is 5. The molecule has 49 heavy (non-hydrogen) atoms. The van der Waals surface area contributed by atoms with Gasteiger partial charge in [-0.1, -0.05) is 165 Å². The maximum absolute atomic E-state index is 12.4. The molecule has 0 aliphatic carbocycles. The molecule has 4 unspecified atom stereocenters. The van der Waals surface area contributed by atoms with Gasteiger partial charge in [-0.2, -0.15) is 0 Å². The van der Waals surface area contributed by atoms with Crippen molar-refractivity contribution < 1.29 is 25.2 Å². The minimum absolute atomic E-state index is 0.357. The van der Waals surface area contributed by atoms with Crippen LogP contribution in [0.3, 0.4) is 0 Å². The van der Waals surface area contributed by atoms with Crippen LogP contribution < -0.4 is 5.32 Å². The largest absolute Gasteiger partial charge is 0.394 e. The van der Waals surface area contributed by atoms with E-state index in [1.165, 1.54) is 128 Å². The first-order chi connectivity index (χ1) is 24.0. The molecule has 288 valence electrons. The summed E-state index contributed by atoms with van der Waals surface area (Å²) in [7, 11) is 0. The molecule has 6 nitrogen and oxygen atoms in total. The molecule has 1 amide bonds. The van der Waals surface area contributed by atoms with Crippen molar-refractivity contribution in [2.45, 2.75) is 224 Å². The number of aliphatic hydroxyl groups is 4. The topological polar surface area (TPSA) is 110 Å².